The number of thiazole rings is 1. The number of hydrogen-bond acceptors (Lipinski definition) is 4. The van der Waals surface area contributed by atoms with Crippen LogP contribution in [0.4, 0.5) is 9.52 Å². The number of aromatic nitrogens is 3. The van der Waals surface area contributed by atoms with Crippen LogP contribution in [-0.2, 0) is 13.0 Å². The molecule has 4 aromatic rings. The summed E-state index contributed by atoms with van der Waals surface area (Å²) in [5.41, 5.74) is 2.41. The van der Waals surface area contributed by atoms with Crippen LogP contribution in [0.25, 0.3) is 10.2 Å². The first-order chi connectivity index (χ1) is 14.2. The number of para-hydroxylation sites is 1. The van der Waals surface area contributed by atoms with Crippen molar-refractivity contribution in [2.24, 2.45) is 0 Å². The summed E-state index contributed by atoms with van der Waals surface area (Å²) in [5.74, 6) is -0.668. The van der Waals surface area contributed by atoms with E-state index in [9.17, 15) is 9.18 Å². The number of anilines is 1. The van der Waals surface area contributed by atoms with E-state index in [-0.39, 0.29) is 5.91 Å². The minimum Gasteiger partial charge on any atom is -0.337 e. The average molecular weight is 409 g/mol. The minimum absolute atomic E-state index is 0.243. The molecule has 0 saturated carbocycles. The molecular weight excluding hydrogens is 387 g/mol. The number of aryl methyl sites for hydroxylation is 2. The van der Waals surface area contributed by atoms with Gasteiger partial charge in [0.25, 0.3) is 5.91 Å². The van der Waals surface area contributed by atoms with E-state index in [0.29, 0.717) is 17.2 Å². The van der Waals surface area contributed by atoms with Crippen LogP contribution < -0.4 is 4.90 Å². The van der Waals surface area contributed by atoms with Crippen molar-refractivity contribution in [1.82, 2.24) is 14.5 Å². The predicted molar refractivity (Wildman–Crippen MR) is 114 cm³/mol. The number of halogens is 1. The van der Waals surface area contributed by atoms with Crippen molar-refractivity contribution in [1.29, 1.82) is 0 Å². The van der Waals surface area contributed by atoms with Gasteiger partial charge in [0, 0.05) is 31.0 Å². The summed E-state index contributed by atoms with van der Waals surface area (Å²) >= 11 is 1.49. The van der Waals surface area contributed by atoms with Crippen molar-refractivity contribution in [2.45, 2.75) is 26.3 Å². The zero-order chi connectivity index (χ0) is 20.2. The van der Waals surface area contributed by atoms with E-state index >= 15 is 0 Å². The van der Waals surface area contributed by atoms with Crippen LogP contribution in [0, 0.1) is 5.82 Å². The number of imidazole rings is 1. The second-order valence-corrected chi connectivity index (χ2v) is 7.74. The minimum atomic E-state index is -0.424. The summed E-state index contributed by atoms with van der Waals surface area (Å²) in [6, 6.07) is 11.9. The van der Waals surface area contributed by atoms with Gasteiger partial charge in [-0.2, -0.15) is 0 Å². The van der Waals surface area contributed by atoms with Gasteiger partial charge in [0.2, 0.25) is 0 Å². The molecular formula is C22H21FN4OS. The highest BCUT2D eigenvalue weighted by molar-refractivity contribution is 7.22. The Morgan fingerprint density at radius 2 is 2.10 bits per heavy atom. The van der Waals surface area contributed by atoms with Crippen LogP contribution >= 0.6 is 11.3 Å². The highest BCUT2D eigenvalue weighted by Crippen LogP contribution is 2.32. The standard InChI is InChI=1S/C22H21FN4OS/c1-2-16-6-4-9-19-20(16)25-22(29-19)27(12-5-11-26-13-10-24-15-26)21(28)17-7-3-8-18(23)14-17/h3-4,6-10,13-15H,2,5,11-12H2,1H3. The van der Waals surface area contributed by atoms with Gasteiger partial charge in [0.15, 0.2) is 5.13 Å². The highest BCUT2D eigenvalue weighted by atomic mass is 32.1. The van der Waals surface area contributed by atoms with E-state index in [1.165, 1.54) is 23.5 Å². The average Bonchev–Trinajstić information content (AvgIpc) is 3.40. The van der Waals surface area contributed by atoms with E-state index in [1.54, 1.807) is 29.6 Å². The van der Waals surface area contributed by atoms with E-state index in [0.717, 1.165) is 35.2 Å². The number of carbonyl (C=O) groups is 1. The fraction of sp³-hybridized carbons (Fsp3) is 0.227. The third-order valence-corrected chi connectivity index (χ3v) is 5.82. The lowest BCUT2D eigenvalue weighted by Gasteiger charge is -2.20. The molecule has 4 rings (SSSR count). The summed E-state index contributed by atoms with van der Waals surface area (Å²) in [7, 11) is 0. The van der Waals surface area contributed by atoms with Crippen LogP contribution in [0.5, 0.6) is 0 Å². The molecule has 0 spiro atoms. The Morgan fingerprint density at radius 3 is 2.86 bits per heavy atom. The molecule has 5 nitrogen and oxygen atoms in total. The lowest BCUT2D eigenvalue weighted by atomic mass is 10.1. The molecule has 0 aliphatic rings. The third kappa shape index (κ3) is 4.19. The van der Waals surface area contributed by atoms with Gasteiger partial charge >= 0.3 is 0 Å². The quantitative estimate of drug-likeness (QED) is 0.436. The largest absolute Gasteiger partial charge is 0.337 e. The number of hydrogen-bond donors (Lipinski definition) is 0. The number of fused-ring (bicyclic) bond motifs is 1. The van der Waals surface area contributed by atoms with E-state index in [4.69, 9.17) is 4.98 Å². The van der Waals surface area contributed by atoms with Gasteiger partial charge in [0.05, 0.1) is 16.5 Å². The molecule has 2 aromatic carbocycles. The molecule has 148 valence electrons. The summed E-state index contributed by atoms with van der Waals surface area (Å²) in [6.07, 6.45) is 6.98. The zero-order valence-electron chi connectivity index (χ0n) is 16.1. The van der Waals surface area contributed by atoms with Crippen molar-refractivity contribution >= 4 is 32.6 Å². The van der Waals surface area contributed by atoms with Crippen molar-refractivity contribution in [3.05, 3.63) is 78.1 Å². The van der Waals surface area contributed by atoms with Gasteiger partial charge in [-0.3, -0.25) is 9.69 Å². The molecule has 0 saturated heterocycles. The van der Waals surface area contributed by atoms with Crippen molar-refractivity contribution in [3.8, 4) is 0 Å². The maximum Gasteiger partial charge on any atom is 0.260 e. The molecule has 0 radical (unpaired) electrons. The molecule has 0 bridgehead atoms. The summed E-state index contributed by atoms with van der Waals surface area (Å²) in [5, 5.41) is 0.640. The Kier molecular flexibility index (Phi) is 5.67. The molecule has 2 aromatic heterocycles. The molecule has 29 heavy (non-hydrogen) atoms. The van der Waals surface area contributed by atoms with Crippen LogP contribution in [0.2, 0.25) is 0 Å². The van der Waals surface area contributed by atoms with E-state index in [1.807, 2.05) is 22.9 Å². The molecule has 2 heterocycles. The first-order valence-corrected chi connectivity index (χ1v) is 10.4. The third-order valence-electron chi connectivity index (χ3n) is 4.78. The van der Waals surface area contributed by atoms with Crippen LogP contribution in [-0.4, -0.2) is 27.0 Å². The topological polar surface area (TPSA) is 51.0 Å². The SMILES string of the molecule is CCc1cccc2sc(N(CCCn3ccnc3)C(=O)c3cccc(F)c3)nc12. The number of rotatable bonds is 7. The zero-order valence-corrected chi connectivity index (χ0v) is 16.9. The maximum atomic E-state index is 13.7. The molecule has 1 amide bonds. The smallest absolute Gasteiger partial charge is 0.260 e. The molecule has 7 heteroatoms. The van der Waals surface area contributed by atoms with Crippen LogP contribution in [0.1, 0.15) is 29.3 Å². The normalized spacial score (nSPS) is 11.1. The lowest BCUT2D eigenvalue weighted by molar-refractivity contribution is 0.0986. The highest BCUT2D eigenvalue weighted by Gasteiger charge is 2.22. The summed E-state index contributed by atoms with van der Waals surface area (Å²) in [6.45, 7) is 3.31. The molecule has 0 unspecified atom stereocenters. The Morgan fingerprint density at radius 1 is 1.24 bits per heavy atom. The van der Waals surface area contributed by atoms with Crippen LogP contribution in [0.3, 0.4) is 0 Å². The number of amides is 1. The fourth-order valence-electron chi connectivity index (χ4n) is 3.29. The van der Waals surface area contributed by atoms with Gasteiger partial charge in [-0.25, -0.2) is 14.4 Å². The second kappa shape index (κ2) is 8.53. The number of carbonyl (C=O) groups excluding carboxylic acids is 1. The van der Waals surface area contributed by atoms with Crippen molar-refractivity contribution in [3.63, 3.8) is 0 Å². The molecule has 0 aliphatic carbocycles. The number of benzene rings is 2. The van der Waals surface area contributed by atoms with Gasteiger partial charge in [0.1, 0.15) is 5.82 Å². The molecule has 0 N–H and O–H groups in total. The Hall–Kier alpha value is -3.06. The van der Waals surface area contributed by atoms with Crippen molar-refractivity contribution < 1.29 is 9.18 Å². The second-order valence-electron chi connectivity index (χ2n) is 6.74. The van der Waals surface area contributed by atoms with E-state index in [2.05, 4.69) is 18.0 Å². The summed E-state index contributed by atoms with van der Waals surface area (Å²) in [4.78, 5) is 23.7. The lowest BCUT2D eigenvalue weighted by Crippen LogP contribution is -2.32. The fourth-order valence-corrected chi connectivity index (χ4v) is 4.32. The van der Waals surface area contributed by atoms with Gasteiger partial charge in [-0.15, -0.1) is 0 Å². The van der Waals surface area contributed by atoms with Crippen molar-refractivity contribution in [2.75, 3.05) is 11.4 Å². The predicted octanol–water partition coefficient (Wildman–Crippen LogP) is 4.93. The van der Waals surface area contributed by atoms with Gasteiger partial charge in [-0.1, -0.05) is 36.5 Å². The maximum absolute atomic E-state index is 13.7. The van der Waals surface area contributed by atoms with Gasteiger partial charge in [-0.05, 0) is 42.7 Å². The first kappa shape index (κ1) is 19.3. The molecule has 0 aliphatic heterocycles. The Labute approximate surface area is 172 Å². The summed E-state index contributed by atoms with van der Waals surface area (Å²) < 4.78 is 16.7. The van der Waals surface area contributed by atoms with E-state index < -0.39 is 5.82 Å². The Bertz CT molecular complexity index is 1120. The number of nitrogens with zero attached hydrogens (tertiary/aromatic N) is 4. The Balaban J connectivity index is 1.66. The molecule has 0 fully saturated rings. The monoisotopic (exact) mass is 408 g/mol. The molecule has 0 atom stereocenters. The first-order valence-electron chi connectivity index (χ1n) is 9.57. The van der Waals surface area contributed by atoms with Gasteiger partial charge < -0.3 is 4.57 Å². The van der Waals surface area contributed by atoms with Crippen LogP contribution in [0.15, 0.2) is 61.2 Å².